The fourth-order valence-corrected chi connectivity index (χ4v) is 3.82. The second-order valence-electron chi connectivity index (χ2n) is 7.82. The number of rotatable bonds is 6. The Morgan fingerprint density at radius 1 is 1.16 bits per heavy atom. The van der Waals surface area contributed by atoms with Gasteiger partial charge in [0, 0.05) is 43.4 Å². The molecule has 3 heterocycles. The number of hydrogen-bond donors (Lipinski definition) is 1. The number of aryl methyl sites for hydroxylation is 3. The number of allylic oxidation sites excluding steroid dienone is 3. The Labute approximate surface area is 180 Å². The van der Waals surface area contributed by atoms with Crippen molar-refractivity contribution in [2.75, 3.05) is 0 Å². The number of primary amides is 1. The van der Waals surface area contributed by atoms with Gasteiger partial charge in [-0.25, -0.2) is 4.68 Å². The summed E-state index contributed by atoms with van der Waals surface area (Å²) in [6.45, 7) is 5.85. The molecular formula is C22H24N8O. The van der Waals surface area contributed by atoms with Gasteiger partial charge in [0.1, 0.15) is 0 Å². The molecule has 31 heavy (non-hydrogen) atoms. The van der Waals surface area contributed by atoms with Crippen molar-refractivity contribution < 1.29 is 4.79 Å². The zero-order chi connectivity index (χ0) is 22.0. The molecule has 0 bridgehead atoms. The van der Waals surface area contributed by atoms with Gasteiger partial charge in [-0.1, -0.05) is 13.0 Å². The molecule has 158 valence electrons. The number of hydrogen-bond acceptors (Lipinski definition) is 7. The number of nitrogens with two attached hydrogens (primary N) is 1. The van der Waals surface area contributed by atoms with E-state index in [0.717, 1.165) is 28.2 Å². The highest BCUT2D eigenvalue weighted by Gasteiger charge is 2.39. The lowest BCUT2D eigenvalue weighted by Crippen LogP contribution is -2.40. The summed E-state index contributed by atoms with van der Waals surface area (Å²) in [6.07, 6.45) is 10.5. The van der Waals surface area contributed by atoms with Crippen molar-refractivity contribution >= 4 is 11.5 Å². The van der Waals surface area contributed by atoms with Gasteiger partial charge >= 0.3 is 0 Å². The molecule has 3 aromatic heterocycles. The highest BCUT2D eigenvalue weighted by atomic mass is 16.1. The SMILES string of the molecule is CCc1nnnn1C1(Cc2cnc(C)cn2)C=C(c2ccc(C)cn2)C=C(C(N)=O)C1. The summed E-state index contributed by atoms with van der Waals surface area (Å²) in [4.78, 5) is 25.8. The average Bonchev–Trinajstić information content (AvgIpc) is 3.25. The van der Waals surface area contributed by atoms with Gasteiger partial charge in [-0.3, -0.25) is 19.7 Å². The molecule has 2 N–H and O–H groups in total. The van der Waals surface area contributed by atoms with Gasteiger partial charge in [0.05, 0.1) is 22.6 Å². The molecule has 0 saturated heterocycles. The normalized spacial score (nSPS) is 18.4. The molecule has 4 rings (SSSR count). The van der Waals surface area contributed by atoms with Gasteiger partial charge in [0.15, 0.2) is 5.82 Å². The van der Waals surface area contributed by atoms with Gasteiger partial charge in [-0.15, -0.1) is 5.10 Å². The van der Waals surface area contributed by atoms with E-state index < -0.39 is 11.4 Å². The number of carbonyl (C=O) groups excluding carboxylic acids is 1. The lowest BCUT2D eigenvalue weighted by Gasteiger charge is -2.35. The van der Waals surface area contributed by atoms with Gasteiger partial charge < -0.3 is 5.73 Å². The third-order valence-corrected chi connectivity index (χ3v) is 5.37. The molecule has 3 aromatic rings. The number of amides is 1. The molecular weight excluding hydrogens is 392 g/mol. The number of aromatic nitrogens is 7. The minimum absolute atomic E-state index is 0.339. The van der Waals surface area contributed by atoms with Crippen molar-refractivity contribution in [1.82, 2.24) is 35.2 Å². The highest BCUT2D eigenvalue weighted by Crippen LogP contribution is 2.38. The van der Waals surface area contributed by atoms with Gasteiger partial charge in [-0.05, 0) is 53.6 Å². The molecule has 1 unspecified atom stereocenters. The first kappa shape index (κ1) is 20.5. The fraction of sp³-hybridized carbons (Fsp3) is 0.318. The number of nitrogens with zero attached hydrogens (tertiary/aromatic N) is 7. The molecule has 0 aromatic carbocycles. The summed E-state index contributed by atoms with van der Waals surface area (Å²) >= 11 is 0. The van der Waals surface area contributed by atoms with E-state index in [1.165, 1.54) is 0 Å². The average molecular weight is 416 g/mol. The van der Waals surface area contributed by atoms with E-state index >= 15 is 0 Å². The summed E-state index contributed by atoms with van der Waals surface area (Å²) in [5.41, 5.74) is 9.63. The number of pyridine rings is 1. The van der Waals surface area contributed by atoms with Crippen molar-refractivity contribution in [2.24, 2.45) is 5.73 Å². The van der Waals surface area contributed by atoms with Crippen molar-refractivity contribution in [3.8, 4) is 0 Å². The van der Waals surface area contributed by atoms with Crippen LogP contribution in [0.25, 0.3) is 5.57 Å². The Kier molecular flexibility index (Phi) is 5.41. The van der Waals surface area contributed by atoms with Crippen LogP contribution in [0.4, 0.5) is 0 Å². The van der Waals surface area contributed by atoms with E-state index in [9.17, 15) is 4.79 Å². The van der Waals surface area contributed by atoms with E-state index in [4.69, 9.17) is 5.73 Å². The highest BCUT2D eigenvalue weighted by molar-refractivity contribution is 5.96. The van der Waals surface area contributed by atoms with Crippen LogP contribution in [-0.2, 0) is 23.2 Å². The molecule has 1 aliphatic rings. The van der Waals surface area contributed by atoms with Crippen LogP contribution >= 0.6 is 0 Å². The van der Waals surface area contributed by atoms with E-state index in [0.29, 0.717) is 30.7 Å². The molecule has 0 radical (unpaired) electrons. The van der Waals surface area contributed by atoms with Crippen LogP contribution in [0, 0.1) is 13.8 Å². The Hall–Kier alpha value is -3.75. The van der Waals surface area contributed by atoms with Crippen LogP contribution < -0.4 is 5.73 Å². The predicted molar refractivity (Wildman–Crippen MR) is 114 cm³/mol. The Morgan fingerprint density at radius 2 is 2.00 bits per heavy atom. The maximum absolute atomic E-state index is 12.3. The molecule has 0 saturated carbocycles. The quantitative estimate of drug-likeness (QED) is 0.650. The van der Waals surface area contributed by atoms with Crippen LogP contribution in [0.5, 0.6) is 0 Å². The molecule has 0 aliphatic heterocycles. The monoisotopic (exact) mass is 416 g/mol. The van der Waals surface area contributed by atoms with Crippen LogP contribution in [0.1, 0.15) is 41.8 Å². The van der Waals surface area contributed by atoms with Crippen LogP contribution in [0.3, 0.4) is 0 Å². The lowest BCUT2D eigenvalue weighted by molar-refractivity contribution is -0.114. The van der Waals surface area contributed by atoms with Crippen molar-refractivity contribution in [1.29, 1.82) is 0 Å². The van der Waals surface area contributed by atoms with Crippen LogP contribution in [0.15, 0.2) is 48.4 Å². The second kappa shape index (κ2) is 8.17. The van der Waals surface area contributed by atoms with Crippen LogP contribution in [0.2, 0.25) is 0 Å². The zero-order valence-corrected chi connectivity index (χ0v) is 17.8. The first-order valence-electron chi connectivity index (χ1n) is 10.1. The minimum Gasteiger partial charge on any atom is -0.366 e. The first-order valence-corrected chi connectivity index (χ1v) is 10.1. The van der Waals surface area contributed by atoms with Gasteiger partial charge in [-0.2, -0.15) is 0 Å². The Morgan fingerprint density at radius 3 is 2.65 bits per heavy atom. The summed E-state index contributed by atoms with van der Waals surface area (Å²) in [5.74, 6) is 0.224. The Bertz CT molecular complexity index is 1160. The maximum Gasteiger partial charge on any atom is 0.244 e. The van der Waals surface area contributed by atoms with E-state index in [-0.39, 0.29) is 0 Å². The standard InChI is InChI=1S/C22H24N8O/c1-4-20-27-28-29-30(20)22(10-18-13-24-15(3)12-25-18)8-16(7-17(9-22)21(23)31)19-6-5-14(2)11-26-19/h5-8,11-13H,4,9-10H2,1-3H3,(H2,23,31). The van der Waals surface area contributed by atoms with Crippen molar-refractivity contribution in [3.05, 3.63) is 76.9 Å². The molecule has 1 aliphatic carbocycles. The summed E-state index contributed by atoms with van der Waals surface area (Å²) in [5, 5.41) is 12.4. The summed E-state index contributed by atoms with van der Waals surface area (Å²) in [6, 6.07) is 3.91. The van der Waals surface area contributed by atoms with Gasteiger partial charge in [0.2, 0.25) is 5.91 Å². The third-order valence-electron chi connectivity index (χ3n) is 5.37. The number of carbonyl (C=O) groups is 1. The largest absolute Gasteiger partial charge is 0.366 e. The molecule has 1 amide bonds. The third kappa shape index (κ3) is 4.11. The summed E-state index contributed by atoms with van der Waals surface area (Å²) in [7, 11) is 0. The maximum atomic E-state index is 12.3. The number of tetrazole rings is 1. The zero-order valence-electron chi connectivity index (χ0n) is 17.8. The molecule has 9 heteroatoms. The van der Waals surface area contributed by atoms with E-state index in [1.54, 1.807) is 29.3 Å². The van der Waals surface area contributed by atoms with E-state index in [2.05, 4.69) is 36.6 Å². The second-order valence-corrected chi connectivity index (χ2v) is 7.82. The molecule has 0 spiro atoms. The van der Waals surface area contributed by atoms with Crippen molar-refractivity contribution in [2.45, 2.75) is 45.6 Å². The summed E-state index contributed by atoms with van der Waals surface area (Å²) < 4.78 is 1.78. The predicted octanol–water partition coefficient (Wildman–Crippen LogP) is 1.87. The minimum atomic E-state index is -0.778. The fourth-order valence-electron chi connectivity index (χ4n) is 3.82. The molecule has 0 fully saturated rings. The lowest BCUT2D eigenvalue weighted by atomic mass is 9.79. The molecule has 9 nitrogen and oxygen atoms in total. The molecule has 1 atom stereocenters. The topological polar surface area (TPSA) is 125 Å². The van der Waals surface area contributed by atoms with E-state index in [1.807, 2.05) is 32.9 Å². The van der Waals surface area contributed by atoms with Crippen molar-refractivity contribution in [3.63, 3.8) is 0 Å². The Balaban J connectivity index is 1.91. The van der Waals surface area contributed by atoms with Gasteiger partial charge in [0.25, 0.3) is 0 Å². The first-order chi connectivity index (χ1) is 14.9. The smallest absolute Gasteiger partial charge is 0.244 e. The van der Waals surface area contributed by atoms with Crippen LogP contribution in [-0.4, -0.2) is 41.1 Å².